The van der Waals surface area contributed by atoms with Crippen LogP contribution in [0.4, 0.5) is 5.69 Å². The largest absolute Gasteiger partial charge is 0.360 e. The first-order valence-corrected chi connectivity index (χ1v) is 7.77. The Morgan fingerprint density at radius 3 is 2.70 bits per heavy atom. The number of likely N-dealkylation sites (N-methyl/N-ethyl adjacent to an activating group) is 1. The lowest BCUT2D eigenvalue weighted by molar-refractivity contribution is -0.129. The predicted octanol–water partition coefficient (Wildman–Crippen LogP) is 2.23. The Bertz CT molecular complexity index is 490. The number of carbonyl (C=O) groups excluding carboxylic acids is 1. The number of hydrogen-bond donors (Lipinski definition) is 1. The molecule has 1 aromatic rings. The minimum atomic E-state index is 0.179. The topological polar surface area (TPSA) is 35.6 Å². The number of carbonyl (C=O) groups is 1. The maximum Gasteiger partial charge on any atom is 0.241 e. The second-order valence-electron chi connectivity index (χ2n) is 5.55. The van der Waals surface area contributed by atoms with Crippen molar-refractivity contribution < 1.29 is 4.79 Å². The van der Waals surface area contributed by atoms with E-state index in [9.17, 15) is 4.79 Å². The minimum Gasteiger partial charge on any atom is -0.360 e. The molecule has 5 heteroatoms. The van der Waals surface area contributed by atoms with E-state index in [4.69, 9.17) is 0 Å². The van der Waals surface area contributed by atoms with Crippen LogP contribution in [0.1, 0.15) is 19.4 Å². The number of anilines is 1. The van der Waals surface area contributed by atoms with E-state index in [1.807, 2.05) is 7.05 Å². The third-order valence-corrected chi connectivity index (χ3v) is 4.30. The molecule has 1 heterocycles. The normalized spacial score (nSPS) is 16.1. The Balaban J connectivity index is 2.07. The SMILES string of the molecule is CC(C)NCc1ccc(N2CCN(C)C(=O)C2)cc1Br. The Hall–Kier alpha value is -1.07. The zero-order valence-corrected chi connectivity index (χ0v) is 13.9. The van der Waals surface area contributed by atoms with Gasteiger partial charge in [0.15, 0.2) is 0 Å². The number of piperazine rings is 1. The van der Waals surface area contributed by atoms with Crippen molar-refractivity contribution in [2.45, 2.75) is 26.4 Å². The molecule has 0 radical (unpaired) electrons. The first-order chi connectivity index (χ1) is 9.47. The van der Waals surface area contributed by atoms with Crippen LogP contribution in [0.5, 0.6) is 0 Å². The van der Waals surface area contributed by atoms with Crippen molar-refractivity contribution >= 4 is 27.5 Å². The summed E-state index contributed by atoms with van der Waals surface area (Å²) in [6, 6.07) is 6.80. The van der Waals surface area contributed by atoms with Gasteiger partial charge in [0.25, 0.3) is 0 Å². The second-order valence-corrected chi connectivity index (χ2v) is 6.40. The quantitative estimate of drug-likeness (QED) is 0.913. The second kappa shape index (κ2) is 6.59. The molecule has 0 aliphatic carbocycles. The van der Waals surface area contributed by atoms with E-state index in [0.29, 0.717) is 12.6 Å². The van der Waals surface area contributed by atoms with Gasteiger partial charge in [-0.2, -0.15) is 0 Å². The zero-order chi connectivity index (χ0) is 14.7. The van der Waals surface area contributed by atoms with Gasteiger partial charge in [-0.25, -0.2) is 0 Å². The van der Waals surface area contributed by atoms with Gasteiger partial charge in [0, 0.05) is 42.9 Å². The number of nitrogens with one attached hydrogen (secondary N) is 1. The van der Waals surface area contributed by atoms with Crippen LogP contribution in [-0.2, 0) is 11.3 Å². The molecule has 0 spiro atoms. The maximum absolute atomic E-state index is 11.8. The molecule has 110 valence electrons. The molecule has 1 amide bonds. The molecule has 1 saturated heterocycles. The van der Waals surface area contributed by atoms with Crippen molar-refractivity contribution in [3.63, 3.8) is 0 Å². The fourth-order valence-electron chi connectivity index (χ4n) is 2.17. The molecule has 0 aromatic heterocycles. The molecule has 4 nitrogen and oxygen atoms in total. The summed E-state index contributed by atoms with van der Waals surface area (Å²) in [6.45, 7) is 7.26. The molecular formula is C15H22BrN3O. The average Bonchev–Trinajstić information content (AvgIpc) is 2.40. The lowest BCUT2D eigenvalue weighted by Gasteiger charge is -2.33. The Morgan fingerprint density at radius 1 is 1.35 bits per heavy atom. The molecule has 20 heavy (non-hydrogen) atoms. The number of nitrogens with zero attached hydrogens (tertiary/aromatic N) is 2. The molecule has 1 fully saturated rings. The van der Waals surface area contributed by atoms with E-state index in [2.05, 4.69) is 58.2 Å². The van der Waals surface area contributed by atoms with Gasteiger partial charge in [-0.1, -0.05) is 35.8 Å². The van der Waals surface area contributed by atoms with E-state index in [0.717, 1.165) is 29.8 Å². The van der Waals surface area contributed by atoms with Crippen LogP contribution in [0.3, 0.4) is 0 Å². The fraction of sp³-hybridized carbons (Fsp3) is 0.533. The van der Waals surface area contributed by atoms with Gasteiger partial charge in [-0.3, -0.25) is 4.79 Å². The van der Waals surface area contributed by atoms with E-state index < -0.39 is 0 Å². The van der Waals surface area contributed by atoms with Crippen molar-refractivity contribution in [2.75, 3.05) is 31.6 Å². The van der Waals surface area contributed by atoms with Crippen LogP contribution >= 0.6 is 15.9 Å². The van der Waals surface area contributed by atoms with Crippen molar-refractivity contribution in [1.82, 2.24) is 10.2 Å². The van der Waals surface area contributed by atoms with Crippen molar-refractivity contribution in [3.8, 4) is 0 Å². The van der Waals surface area contributed by atoms with E-state index in [1.165, 1.54) is 5.56 Å². The standard InChI is InChI=1S/C15H22BrN3O/c1-11(2)17-9-12-4-5-13(8-14(12)16)19-7-6-18(3)15(20)10-19/h4-5,8,11,17H,6-7,9-10H2,1-3H3. The zero-order valence-electron chi connectivity index (χ0n) is 12.3. The number of halogens is 1. The van der Waals surface area contributed by atoms with Crippen LogP contribution in [0.25, 0.3) is 0 Å². The lowest BCUT2D eigenvalue weighted by atomic mass is 10.1. The highest BCUT2D eigenvalue weighted by Crippen LogP contribution is 2.25. The smallest absolute Gasteiger partial charge is 0.241 e. The molecule has 1 N–H and O–H groups in total. The summed E-state index contributed by atoms with van der Waals surface area (Å²) in [7, 11) is 1.86. The number of hydrogen-bond acceptors (Lipinski definition) is 3. The van der Waals surface area contributed by atoms with Crippen molar-refractivity contribution in [1.29, 1.82) is 0 Å². The van der Waals surface area contributed by atoms with E-state index in [-0.39, 0.29) is 5.91 Å². The van der Waals surface area contributed by atoms with Gasteiger partial charge in [-0.05, 0) is 17.7 Å². The predicted molar refractivity (Wildman–Crippen MR) is 86.0 cm³/mol. The summed E-state index contributed by atoms with van der Waals surface area (Å²) >= 11 is 3.63. The van der Waals surface area contributed by atoms with Crippen LogP contribution in [0.15, 0.2) is 22.7 Å². The molecule has 0 bridgehead atoms. The van der Waals surface area contributed by atoms with Gasteiger partial charge in [0.1, 0.15) is 0 Å². The molecule has 0 unspecified atom stereocenters. The molecule has 1 aliphatic heterocycles. The van der Waals surface area contributed by atoms with Gasteiger partial charge in [-0.15, -0.1) is 0 Å². The monoisotopic (exact) mass is 339 g/mol. The summed E-state index contributed by atoms with van der Waals surface area (Å²) in [5.74, 6) is 0.179. The minimum absolute atomic E-state index is 0.179. The molecule has 0 saturated carbocycles. The molecule has 1 aliphatic rings. The molecule has 2 rings (SSSR count). The number of amides is 1. The highest BCUT2D eigenvalue weighted by Gasteiger charge is 2.21. The highest BCUT2D eigenvalue weighted by atomic mass is 79.9. The summed E-state index contributed by atoms with van der Waals surface area (Å²) < 4.78 is 1.09. The van der Waals surface area contributed by atoms with Gasteiger partial charge in [0.05, 0.1) is 6.54 Å². The Morgan fingerprint density at radius 2 is 2.10 bits per heavy atom. The fourth-order valence-corrected chi connectivity index (χ4v) is 2.68. The van der Waals surface area contributed by atoms with Gasteiger partial charge in [0.2, 0.25) is 5.91 Å². The van der Waals surface area contributed by atoms with Gasteiger partial charge >= 0.3 is 0 Å². The summed E-state index contributed by atoms with van der Waals surface area (Å²) in [4.78, 5) is 15.7. The Kier molecular flexibility index (Phi) is 5.05. The Labute approximate surface area is 129 Å². The maximum atomic E-state index is 11.8. The van der Waals surface area contributed by atoms with E-state index in [1.54, 1.807) is 4.90 Å². The summed E-state index contributed by atoms with van der Waals surface area (Å²) in [5.41, 5.74) is 2.34. The molecule has 1 aromatic carbocycles. The average molecular weight is 340 g/mol. The molecular weight excluding hydrogens is 318 g/mol. The van der Waals surface area contributed by atoms with E-state index >= 15 is 0 Å². The van der Waals surface area contributed by atoms with Crippen LogP contribution in [0.2, 0.25) is 0 Å². The number of benzene rings is 1. The third kappa shape index (κ3) is 3.73. The summed E-state index contributed by atoms with van der Waals surface area (Å²) in [5, 5.41) is 3.41. The first-order valence-electron chi connectivity index (χ1n) is 6.98. The van der Waals surface area contributed by atoms with Crippen molar-refractivity contribution in [3.05, 3.63) is 28.2 Å². The lowest BCUT2D eigenvalue weighted by Crippen LogP contribution is -2.48. The van der Waals surface area contributed by atoms with Crippen LogP contribution in [-0.4, -0.2) is 43.5 Å². The van der Waals surface area contributed by atoms with Gasteiger partial charge < -0.3 is 15.1 Å². The van der Waals surface area contributed by atoms with Crippen LogP contribution < -0.4 is 10.2 Å². The third-order valence-electron chi connectivity index (χ3n) is 3.56. The summed E-state index contributed by atoms with van der Waals surface area (Å²) in [6.07, 6.45) is 0. The highest BCUT2D eigenvalue weighted by molar-refractivity contribution is 9.10. The first kappa shape index (κ1) is 15.3. The molecule has 0 atom stereocenters. The number of rotatable bonds is 4. The van der Waals surface area contributed by atoms with Crippen molar-refractivity contribution in [2.24, 2.45) is 0 Å². The van der Waals surface area contributed by atoms with Crippen LogP contribution in [0, 0.1) is 0 Å².